The second-order valence-corrected chi connectivity index (χ2v) is 5.16. The summed E-state index contributed by atoms with van der Waals surface area (Å²) in [5, 5.41) is 12.6. The highest BCUT2D eigenvalue weighted by atomic mass is 32.2. The van der Waals surface area contributed by atoms with Gasteiger partial charge in [0.25, 0.3) is 0 Å². The largest absolute Gasteiger partial charge is 0.384 e. The van der Waals surface area contributed by atoms with Gasteiger partial charge in [0, 0.05) is 11.4 Å². The standard InChI is InChI=1S/C14H20N2S/c1-3-5-6-10-16-13-8-7-9-14(17-4-2)12(13)11-15/h7-9,16H,3-6,10H2,1-2H3. The Bertz CT molecular complexity index is 382. The van der Waals surface area contributed by atoms with Crippen molar-refractivity contribution in [1.29, 1.82) is 5.26 Å². The van der Waals surface area contributed by atoms with E-state index in [1.807, 2.05) is 18.2 Å². The molecule has 1 aromatic carbocycles. The molecule has 0 atom stereocenters. The first-order chi connectivity index (χ1) is 8.33. The van der Waals surface area contributed by atoms with E-state index in [0.717, 1.165) is 34.9 Å². The molecule has 0 bridgehead atoms. The molecule has 0 heterocycles. The predicted molar refractivity (Wildman–Crippen MR) is 75.6 cm³/mol. The van der Waals surface area contributed by atoms with Crippen LogP contribution in [0.4, 0.5) is 5.69 Å². The summed E-state index contributed by atoms with van der Waals surface area (Å²) in [4.78, 5) is 1.08. The van der Waals surface area contributed by atoms with Crippen molar-refractivity contribution >= 4 is 17.4 Å². The molecule has 1 rings (SSSR count). The first-order valence-electron chi connectivity index (χ1n) is 6.23. The van der Waals surface area contributed by atoms with Gasteiger partial charge in [0.1, 0.15) is 6.07 Å². The molecule has 0 fully saturated rings. The van der Waals surface area contributed by atoms with E-state index in [1.165, 1.54) is 12.8 Å². The summed E-state index contributed by atoms with van der Waals surface area (Å²) >= 11 is 1.72. The van der Waals surface area contributed by atoms with Crippen LogP contribution in [0.3, 0.4) is 0 Å². The minimum Gasteiger partial charge on any atom is -0.384 e. The second-order valence-electron chi connectivity index (χ2n) is 3.86. The number of rotatable bonds is 7. The van der Waals surface area contributed by atoms with E-state index in [9.17, 15) is 5.26 Å². The number of benzene rings is 1. The predicted octanol–water partition coefficient (Wildman–Crippen LogP) is 4.27. The zero-order chi connectivity index (χ0) is 12.5. The second kappa shape index (κ2) is 8.03. The van der Waals surface area contributed by atoms with Crippen LogP contribution in [-0.2, 0) is 0 Å². The molecule has 0 aromatic heterocycles. The molecule has 0 unspecified atom stereocenters. The number of thioether (sulfide) groups is 1. The lowest BCUT2D eigenvalue weighted by atomic mass is 10.2. The number of anilines is 1. The number of hydrogen-bond acceptors (Lipinski definition) is 3. The fourth-order valence-electron chi connectivity index (χ4n) is 1.67. The molecule has 2 nitrogen and oxygen atoms in total. The monoisotopic (exact) mass is 248 g/mol. The summed E-state index contributed by atoms with van der Waals surface area (Å²) in [6.45, 7) is 5.25. The molecule has 0 aliphatic carbocycles. The lowest BCUT2D eigenvalue weighted by Crippen LogP contribution is -2.03. The van der Waals surface area contributed by atoms with Crippen LogP contribution in [0.25, 0.3) is 0 Å². The Kier molecular flexibility index (Phi) is 6.57. The highest BCUT2D eigenvalue weighted by Gasteiger charge is 2.06. The Morgan fingerprint density at radius 2 is 2.12 bits per heavy atom. The van der Waals surface area contributed by atoms with Crippen LogP contribution in [0.5, 0.6) is 0 Å². The third-order valence-corrected chi connectivity index (χ3v) is 3.47. The summed E-state index contributed by atoms with van der Waals surface area (Å²) in [6, 6.07) is 8.33. The van der Waals surface area contributed by atoms with Crippen molar-refractivity contribution in [3.8, 4) is 6.07 Å². The molecule has 1 aromatic rings. The van der Waals surface area contributed by atoms with E-state index in [-0.39, 0.29) is 0 Å². The number of nitrogens with one attached hydrogen (secondary N) is 1. The summed E-state index contributed by atoms with van der Waals surface area (Å²) in [6.07, 6.45) is 3.61. The summed E-state index contributed by atoms with van der Waals surface area (Å²) in [5.41, 5.74) is 1.76. The molecule has 17 heavy (non-hydrogen) atoms. The van der Waals surface area contributed by atoms with Crippen molar-refractivity contribution in [2.24, 2.45) is 0 Å². The average molecular weight is 248 g/mol. The highest BCUT2D eigenvalue weighted by molar-refractivity contribution is 7.99. The van der Waals surface area contributed by atoms with Gasteiger partial charge in [-0.25, -0.2) is 0 Å². The van der Waals surface area contributed by atoms with E-state index < -0.39 is 0 Å². The highest BCUT2D eigenvalue weighted by Crippen LogP contribution is 2.27. The lowest BCUT2D eigenvalue weighted by Gasteiger charge is -2.10. The van der Waals surface area contributed by atoms with Crippen molar-refractivity contribution in [2.45, 2.75) is 38.0 Å². The molecule has 0 amide bonds. The molecular formula is C14H20N2S. The number of nitriles is 1. The Labute approximate surface area is 108 Å². The zero-order valence-electron chi connectivity index (χ0n) is 10.6. The normalized spacial score (nSPS) is 9.94. The van der Waals surface area contributed by atoms with Crippen LogP contribution in [-0.4, -0.2) is 12.3 Å². The Morgan fingerprint density at radius 1 is 1.29 bits per heavy atom. The van der Waals surface area contributed by atoms with Crippen LogP contribution in [0, 0.1) is 11.3 Å². The maximum Gasteiger partial charge on any atom is 0.102 e. The molecule has 1 N–H and O–H groups in total. The molecule has 3 heteroatoms. The van der Waals surface area contributed by atoms with Gasteiger partial charge < -0.3 is 5.32 Å². The average Bonchev–Trinajstić information content (AvgIpc) is 2.35. The third-order valence-electron chi connectivity index (χ3n) is 2.53. The maximum absolute atomic E-state index is 9.23. The van der Waals surface area contributed by atoms with Gasteiger partial charge in [-0.1, -0.05) is 32.8 Å². The van der Waals surface area contributed by atoms with Gasteiger partial charge in [-0.3, -0.25) is 0 Å². The van der Waals surface area contributed by atoms with Crippen LogP contribution in [0.2, 0.25) is 0 Å². The van der Waals surface area contributed by atoms with Crippen molar-refractivity contribution in [3.63, 3.8) is 0 Å². The van der Waals surface area contributed by atoms with E-state index in [1.54, 1.807) is 11.8 Å². The SMILES string of the molecule is CCCCCNc1cccc(SCC)c1C#N. The van der Waals surface area contributed by atoms with Crippen LogP contribution < -0.4 is 5.32 Å². The lowest BCUT2D eigenvalue weighted by molar-refractivity contribution is 0.743. The summed E-state index contributed by atoms with van der Waals surface area (Å²) < 4.78 is 0. The summed E-state index contributed by atoms with van der Waals surface area (Å²) in [5.74, 6) is 0.994. The molecule has 0 radical (unpaired) electrons. The van der Waals surface area contributed by atoms with E-state index >= 15 is 0 Å². The molecule has 0 aliphatic heterocycles. The number of unbranched alkanes of at least 4 members (excludes halogenated alkanes) is 2. The Morgan fingerprint density at radius 3 is 2.76 bits per heavy atom. The molecule has 0 spiro atoms. The van der Waals surface area contributed by atoms with Crippen LogP contribution >= 0.6 is 11.8 Å². The van der Waals surface area contributed by atoms with Crippen molar-refractivity contribution < 1.29 is 0 Å². The van der Waals surface area contributed by atoms with Gasteiger partial charge in [-0.15, -0.1) is 11.8 Å². The van der Waals surface area contributed by atoms with Gasteiger partial charge >= 0.3 is 0 Å². The fourth-order valence-corrected chi connectivity index (χ4v) is 2.45. The molecular weight excluding hydrogens is 228 g/mol. The van der Waals surface area contributed by atoms with Crippen molar-refractivity contribution in [3.05, 3.63) is 23.8 Å². The minimum atomic E-state index is 0.788. The Hall–Kier alpha value is -1.14. The van der Waals surface area contributed by atoms with Gasteiger partial charge in [-0.2, -0.15) is 5.26 Å². The summed E-state index contributed by atoms with van der Waals surface area (Å²) in [7, 11) is 0. The van der Waals surface area contributed by atoms with E-state index in [2.05, 4.69) is 25.2 Å². The van der Waals surface area contributed by atoms with Crippen LogP contribution in [0.1, 0.15) is 38.7 Å². The minimum absolute atomic E-state index is 0.788. The zero-order valence-corrected chi connectivity index (χ0v) is 11.4. The third kappa shape index (κ3) is 4.32. The quantitative estimate of drug-likeness (QED) is 0.578. The smallest absolute Gasteiger partial charge is 0.102 e. The molecule has 0 saturated heterocycles. The van der Waals surface area contributed by atoms with Gasteiger partial charge in [0.15, 0.2) is 0 Å². The van der Waals surface area contributed by atoms with Gasteiger partial charge in [0.05, 0.1) is 11.3 Å². The van der Waals surface area contributed by atoms with Gasteiger partial charge in [0.2, 0.25) is 0 Å². The Balaban J connectivity index is 2.70. The van der Waals surface area contributed by atoms with Crippen LogP contribution in [0.15, 0.2) is 23.1 Å². The number of nitrogens with zero attached hydrogens (tertiary/aromatic N) is 1. The number of hydrogen-bond donors (Lipinski definition) is 1. The van der Waals surface area contributed by atoms with Crippen molar-refractivity contribution in [2.75, 3.05) is 17.6 Å². The van der Waals surface area contributed by atoms with Crippen molar-refractivity contribution in [1.82, 2.24) is 0 Å². The fraction of sp³-hybridized carbons (Fsp3) is 0.500. The topological polar surface area (TPSA) is 35.8 Å². The van der Waals surface area contributed by atoms with Gasteiger partial charge in [-0.05, 0) is 24.3 Å². The first-order valence-corrected chi connectivity index (χ1v) is 7.21. The molecule has 0 saturated carbocycles. The molecule has 0 aliphatic rings. The molecule has 92 valence electrons. The van der Waals surface area contributed by atoms with E-state index in [0.29, 0.717) is 0 Å². The maximum atomic E-state index is 9.23. The first kappa shape index (κ1) is 13.9. The van der Waals surface area contributed by atoms with E-state index in [4.69, 9.17) is 0 Å².